The summed E-state index contributed by atoms with van der Waals surface area (Å²) in [5.41, 5.74) is 1.95. The Kier molecular flexibility index (Phi) is 3.59. The molecule has 0 radical (unpaired) electrons. The molecular weight excluding hydrogens is 239 g/mol. The number of benzene rings is 1. The number of hydrazine groups is 1. The molecule has 0 fully saturated rings. The number of furan rings is 1. The van der Waals surface area contributed by atoms with E-state index in [0.717, 1.165) is 0 Å². The second kappa shape index (κ2) is 5.33. The molecule has 0 unspecified atom stereocenters. The summed E-state index contributed by atoms with van der Waals surface area (Å²) in [5.74, 6) is 4.98. The molecule has 0 saturated heterocycles. The van der Waals surface area contributed by atoms with Crippen LogP contribution in [0.5, 0.6) is 5.75 Å². The number of nitrogens with two attached hydrogens (primary N) is 1. The van der Waals surface area contributed by atoms with Gasteiger partial charge in [0.1, 0.15) is 23.9 Å². The molecule has 5 nitrogen and oxygen atoms in total. The van der Waals surface area contributed by atoms with Gasteiger partial charge in [-0.25, -0.2) is 10.2 Å². The van der Waals surface area contributed by atoms with E-state index in [-0.39, 0.29) is 18.2 Å². The van der Waals surface area contributed by atoms with Gasteiger partial charge in [0, 0.05) is 6.07 Å². The first-order valence-corrected chi connectivity index (χ1v) is 5.17. The zero-order valence-corrected chi connectivity index (χ0v) is 9.35. The first-order valence-electron chi connectivity index (χ1n) is 5.17. The first kappa shape index (κ1) is 12.1. The SMILES string of the molecule is NNC(=O)c1ccc(COc2cccc(F)c2)o1. The van der Waals surface area contributed by atoms with Crippen molar-refractivity contribution in [3.05, 3.63) is 53.7 Å². The molecule has 0 bridgehead atoms. The van der Waals surface area contributed by atoms with Crippen LogP contribution in [0, 0.1) is 5.82 Å². The van der Waals surface area contributed by atoms with Gasteiger partial charge < -0.3 is 9.15 Å². The minimum absolute atomic E-state index is 0.0929. The van der Waals surface area contributed by atoms with Crippen LogP contribution in [-0.2, 0) is 6.61 Å². The molecule has 6 heteroatoms. The Hall–Kier alpha value is -2.34. The van der Waals surface area contributed by atoms with E-state index in [4.69, 9.17) is 15.0 Å². The second-order valence-electron chi connectivity index (χ2n) is 3.49. The zero-order chi connectivity index (χ0) is 13.0. The summed E-state index contributed by atoms with van der Waals surface area (Å²) in [6.07, 6.45) is 0. The molecule has 94 valence electrons. The molecular formula is C12H11FN2O3. The predicted octanol–water partition coefficient (Wildman–Crippen LogP) is 1.60. The fourth-order valence-electron chi connectivity index (χ4n) is 1.36. The van der Waals surface area contributed by atoms with Gasteiger partial charge in [0.25, 0.3) is 0 Å². The van der Waals surface area contributed by atoms with Gasteiger partial charge >= 0.3 is 5.91 Å². The number of amides is 1. The molecule has 0 aliphatic heterocycles. The normalized spacial score (nSPS) is 10.1. The summed E-state index contributed by atoms with van der Waals surface area (Å²) in [6, 6.07) is 8.82. The fraction of sp³-hybridized carbons (Fsp3) is 0.0833. The van der Waals surface area contributed by atoms with Crippen molar-refractivity contribution in [1.29, 1.82) is 0 Å². The van der Waals surface area contributed by atoms with Crippen LogP contribution in [0.2, 0.25) is 0 Å². The van der Waals surface area contributed by atoms with Gasteiger partial charge in [0.15, 0.2) is 5.76 Å². The highest BCUT2D eigenvalue weighted by Crippen LogP contribution is 2.15. The Labute approximate surface area is 102 Å². The second-order valence-corrected chi connectivity index (χ2v) is 3.49. The van der Waals surface area contributed by atoms with Crippen LogP contribution in [0.4, 0.5) is 4.39 Å². The Morgan fingerprint density at radius 1 is 1.39 bits per heavy atom. The van der Waals surface area contributed by atoms with Gasteiger partial charge in [-0.3, -0.25) is 10.2 Å². The monoisotopic (exact) mass is 250 g/mol. The Bertz CT molecular complexity index is 554. The van der Waals surface area contributed by atoms with Crippen molar-refractivity contribution < 1.29 is 18.3 Å². The smallest absolute Gasteiger partial charge is 0.300 e. The average Bonchev–Trinajstić information content (AvgIpc) is 2.84. The largest absolute Gasteiger partial charge is 0.486 e. The van der Waals surface area contributed by atoms with Gasteiger partial charge in [-0.2, -0.15) is 0 Å². The topological polar surface area (TPSA) is 77.5 Å². The number of nitrogen functional groups attached to an aromatic ring is 1. The maximum Gasteiger partial charge on any atom is 0.300 e. The lowest BCUT2D eigenvalue weighted by molar-refractivity contribution is 0.0922. The van der Waals surface area contributed by atoms with E-state index < -0.39 is 5.91 Å². The molecule has 18 heavy (non-hydrogen) atoms. The fourth-order valence-corrected chi connectivity index (χ4v) is 1.36. The number of carbonyl (C=O) groups excluding carboxylic acids is 1. The van der Waals surface area contributed by atoms with E-state index in [2.05, 4.69) is 0 Å². The Morgan fingerprint density at radius 3 is 2.94 bits per heavy atom. The van der Waals surface area contributed by atoms with Crippen molar-refractivity contribution in [2.24, 2.45) is 5.84 Å². The molecule has 1 heterocycles. The molecule has 3 N–H and O–H groups in total. The van der Waals surface area contributed by atoms with Gasteiger partial charge in [0.2, 0.25) is 0 Å². The van der Waals surface area contributed by atoms with E-state index in [1.807, 2.05) is 5.43 Å². The lowest BCUT2D eigenvalue weighted by Gasteiger charge is -2.03. The van der Waals surface area contributed by atoms with Crippen molar-refractivity contribution in [2.75, 3.05) is 0 Å². The first-order chi connectivity index (χ1) is 8.69. The van der Waals surface area contributed by atoms with Crippen molar-refractivity contribution in [3.8, 4) is 5.75 Å². The number of nitrogens with one attached hydrogen (secondary N) is 1. The van der Waals surface area contributed by atoms with Gasteiger partial charge in [-0.1, -0.05) is 6.07 Å². The summed E-state index contributed by atoms with van der Waals surface area (Å²) in [7, 11) is 0. The predicted molar refractivity (Wildman–Crippen MR) is 61.1 cm³/mol. The third-order valence-electron chi connectivity index (χ3n) is 2.19. The summed E-state index contributed by atoms with van der Waals surface area (Å²) < 4.78 is 23.4. The van der Waals surface area contributed by atoms with E-state index in [0.29, 0.717) is 11.5 Å². The highest BCUT2D eigenvalue weighted by atomic mass is 19.1. The van der Waals surface area contributed by atoms with Crippen LogP contribution in [0.3, 0.4) is 0 Å². The Morgan fingerprint density at radius 2 is 2.22 bits per heavy atom. The van der Waals surface area contributed by atoms with E-state index in [9.17, 15) is 9.18 Å². The number of rotatable bonds is 4. The highest BCUT2D eigenvalue weighted by molar-refractivity contribution is 5.90. The molecule has 0 aliphatic carbocycles. The molecule has 1 amide bonds. The minimum atomic E-state index is -0.521. The number of ether oxygens (including phenoxy) is 1. The minimum Gasteiger partial charge on any atom is -0.486 e. The quantitative estimate of drug-likeness (QED) is 0.491. The molecule has 1 aromatic carbocycles. The molecule has 2 rings (SSSR count). The van der Waals surface area contributed by atoms with Crippen molar-refractivity contribution >= 4 is 5.91 Å². The van der Waals surface area contributed by atoms with Gasteiger partial charge in [-0.15, -0.1) is 0 Å². The van der Waals surface area contributed by atoms with Crippen molar-refractivity contribution in [1.82, 2.24) is 5.43 Å². The molecule has 2 aromatic rings. The lowest BCUT2D eigenvalue weighted by atomic mass is 10.3. The van der Waals surface area contributed by atoms with Crippen LogP contribution in [0.15, 0.2) is 40.8 Å². The van der Waals surface area contributed by atoms with Gasteiger partial charge in [0.05, 0.1) is 0 Å². The van der Waals surface area contributed by atoms with Crippen LogP contribution in [0.1, 0.15) is 16.3 Å². The zero-order valence-electron chi connectivity index (χ0n) is 9.35. The molecule has 0 saturated carbocycles. The number of hydrogen-bond donors (Lipinski definition) is 2. The van der Waals surface area contributed by atoms with E-state index in [1.165, 1.54) is 18.2 Å². The molecule has 0 atom stereocenters. The summed E-state index contributed by atoms with van der Waals surface area (Å²) in [5, 5.41) is 0. The van der Waals surface area contributed by atoms with E-state index >= 15 is 0 Å². The lowest BCUT2D eigenvalue weighted by Crippen LogP contribution is -2.29. The van der Waals surface area contributed by atoms with Crippen LogP contribution in [0.25, 0.3) is 0 Å². The van der Waals surface area contributed by atoms with Gasteiger partial charge in [-0.05, 0) is 24.3 Å². The van der Waals surface area contributed by atoms with Crippen LogP contribution >= 0.6 is 0 Å². The standard InChI is InChI=1S/C12H11FN2O3/c13-8-2-1-3-9(6-8)17-7-10-4-5-11(18-10)12(16)15-14/h1-6H,7,14H2,(H,15,16). The molecule has 1 aromatic heterocycles. The van der Waals surface area contributed by atoms with E-state index in [1.54, 1.807) is 18.2 Å². The number of halogens is 1. The molecule has 0 spiro atoms. The Balaban J connectivity index is 1.98. The summed E-state index contributed by atoms with van der Waals surface area (Å²) in [6.45, 7) is 0.0985. The maximum absolute atomic E-state index is 12.9. The maximum atomic E-state index is 12.9. The number of carbonyl (C=O) groups is 1. The van der Waals surface area contributed by atoms with Crippen molar-refractivity contribution in [2.45, 2.75) is 6.61 Å². The number of hydrogen-bond acceptors (Lipinski definition) is 4. The summed E-state index contributed by atoms with van der Waals surface area (Å²) >= 11 is 0. The molecule has 0 aliphatic rings. The van der Waals surface area contributed by atoms with Crippen LogP contribution in [-0.4, -0.2) is 5.91 Å². The summed E-state index contributed by atoms with van der Waals surface area (Å²) in [4.78, 5) is 11.1. The third-order valence-corrected chi connectivity index (χ3v) is 2.19. The highest BCUT2D eigenvalue weighted by Gasteiger charge is 2.09. The van der Waals surface area contributed by atoms with Crippen LogP contribution < -0.4 is 16.0 Å². The third kappa shape index (κ3) is 2.86. The van der Waals surface area contributed by atoms with Crippen molar-refractivity contribution in [3.63, 3.8) is 0 Å². The average molecular weight is 250 g/mol.